The largest absolute Gasteiger partial charge is 0.350 e. The molecule has 0 aliphatic rings. The average Bonchev–Trinajstić information content (AvgIpc) is 3.21. The molecule has 0 atom stereocenters. The van der Waals surface area contributed by atoms with E-state index < -0.39 is 11.8 Å². The van der Waals surface area contributed by atoms with Gasteiger partial charge in [0, 0.05) is 29.5 Å². The number of nitrogens with zero attached hydrogens (tertiary/aromatic N) is 3. The van der Waals surface area contributed by atoms with Gasteiger partial charge in [0.25, 0.3) is 17.4 Å². The van der Waals surface area contributed by atoms with Gasteiger partial charge in [0.15, 0.2) is 5.69 Å². The number of fused-ring (bicyclic) bond motifs is 2. The van der Waals surface area contributed by atoms with Crippen LogP contribution in [0.2, 0.25) is 0 Å². The van der Waals surface area contributed by atoms with E-state index in [1.165, 1.54) is 4.68 Å². The zero-order valence-corrected chi connectivity index (χ0v) is 18.4. The molecule has 2 N–H and O–H groups in total. The van der Waals surface area contributed by atoms with Crippen LogP contribution in [0, 0.1) is 0 Å². The third-order valence-electron chi connectivity index (χ3n) is 5.69. The summed E-state index contributed by atoms with van der Waals surface area (Å²) in [7, 11) is 1.85. The second kappa shape index (κ2) is 8.67. The third kappa shape index (κ3) is 3.81. The molecule has 2 amide bonds. The van der Waals surface area contributed by atoms with E-state index in [4.69, 9.17) is 0 Å². The maximum Gasteiger partial charge on any atom is 0.290 e. The van der Waals surface area contributed by atoms with Crippen LogP contribution in [-0.4, -0.2) is 26.2 Å². The van der Waals surface area contributed by atoms with Crippen LogP contribution >= 0.6 is 0 Å². The van der Waals surface area contributed by atoms with Crippen LogP contribution in [0.1, 0.15) is 26.4 Å². The van der Waals surface area contributed by atoms with Crippen LogP contribution in [0.4, 0.5) is 0 Å². The van der Waals surface area contributed by atoms with Crippen LogP contribution in [0.3, 0.4) is 0 Å². The van der Waals surface area contributed by atoms with Gasteiger partial charge >= 0.3 is 0 Å². The lowest BCUT2D eigenvalue weighted by molar-refractivity contribution is 0.0844. The zero-order valence-electron chi connectivity index (χ0n) is 18.4. The van der Waals surface area contributed by atoms with E-state index >= 15 is 0 Å². The first-order valence-corrected chi connectivity index (χ1v) is 10.7. The van der Waals surface area contributed by atoms with Gasteiger partial charge in [-0.1, -0.05) is 66.7 Å². The molecule has 5 aromatic rings. The molecular weight excluding hydrogens is 430 g/mol. The molecular formula is C26H21N5O3. The Kier molecular flexibility index (Phi) is 5.39. The van der Waals surface area contributed by atoms with Crippen LogP contribution < -0.4 is 16.4 Å². The number of aryl methyl sites for hydroxylation is 1. The maximum absolute atomic E-state index is 13.1. The molecule has 0 unspecified atom stereocenters. The average molecular weight is 451 g/mol. The first-order valence-electron chi connectivity index (χ1n) is 10.7. The highest BCUT2D eigenvalue weighted by Gasteiger charge is 2.19. The minimum absolute atomic E-state index is 0.0457. The number of carbonyl (C=O) groups is 2. The molecule has 2 heterocycles. The van der Waals surface area contributed by atoms with Crippen LogP contribution in [0.15, 0.2) is 89.9 Å². The van der Waals surface area contributed by atoms with Gasteiger partial charge in [-0.3, -0.25) is 25.2 Å². The SMILES string of the molecule is Cn1cc(C(=O)NNC(=O)c2nn(Cc3ccccc3)c(=O)c3ccccc23)c2ccccc21. The minimum Gasteiger partial charge on any atom is -0.350 e. The molecule has 34 heavy (non-hydrogen) atoms. The number of benzene rings is 3. The van der Waals surface area contributed by atoms with Gasteiger partial charge in [-0.25, -0.2) is 4.68 Å². The Morgan fingerprint density at radius 3 is 2.18 bits per heavy atom. The Balaban J connectivity index is 1.45. The Labute approximate surface area is 194 Å². The standard InChI is InChI=1S/C26H21N5O3/c1-30-16-21(18-11-7-8-14-22(18)30)24(32)27-28-25(33)23-19-12-5-6-13-20(19)26(34)31(29-23)15-17-9-3-2-4-10-17/h2-14,16H,15H2,1H3,(H,27,32)(H,28,33). The molecule has 8 heteroatoms. The smallest absolute Gasteiger partial charge is 0.290 e. The van der Waals surface area contributed by atoms with Gasteiger partial charge in [-0.15, -0.1) is 0 Å². The summed E-state index contributed by atoms with van der Waals surface area (Å²) in [6.45, 7) is 0.215. The van der Waals surface area contributed by atoms with Gasteiger partial charge in [0.2, 0.25) is 0 Å². The fourth-order valence-corrected chi connectivity index (χ4v) is 4.03. The van der Waals surface area contributed by atoms with E-state index in [9.17, 15) is 14.4 Å². The van der Waals surface area contributed by atoms with Gasteiger partial charge in [-0.05, 0) is 17.7 Å². The van der Waals surface area contributed by atoms with E-state index in [0.29, 0.717) is 16.3 Å². The Hall–Kier alpha value is -4.72. The summed E-state index contributed by atoms with van der Waals surface area (Å²) in [5, 5.41) is 5.90. The summed E-state index contributed by atoms with van der Waals surface area (Å²) in [4.78, 5) is 38.9. The minimum atomic E-state index is -0.619. The van der Waals surface area contributed by atoms with Crippen molar-refractivity contribution in [2.45, 2.75) is 6.54 Å². The van der Waals surface area contributed by atoms with Crippen molar-refractivity contribution in [1.29, 1.82) is 0 Å². The van der Waals surface area contributed by atoms with Gasteiger partial charge in [-0.2, -0.15) is 5.10 Å². The van der Waals surface area contributed by atoms with Gasteiger partial charge in [0.05, 0.1) is 17.5 Å². The highest BCUT2D eigenvalue weighted by molar-refractivity contribution is 6.09. The third-order valence-corrected chi connectivity index (χ3v) is 5.69. The van der Waals surface area contributed by atoms with Crippen molar-refractivity contribution in [1.82, 2.24) is 25.2 Å². The molecule has 0 aliphatic heterocycles. The summed E-state index contributed by atoms with van der Waals surface area (Å²) in [5.41, 5.74) is 6.89. The predicted octanol–water partition coefficient (Wildman–Crippen LogP) is 3.01. The summed E-state index contributed by atoms with van der Waals surface area (Å²) < 4.78 is 3.11. The first-order chi connectivity index (χ1) is 16.5. The number of nitrogens with one attached hydrogen (secondary N) is 2. The molecule has 0 aliphatic carbocycles. The Morgan fingerprint density at radius 1 is 0.794 bits per heavy atom. The van der Waals surface area contributed by atoms with E-state index in [2.05, 4.69) is 16.0 Å². The van der Waals surface area contributed by atoms with Crippen molar-refractivity contribution in [2.24, 2.45) is 7.05 Å². The number of rotatable bonds is 4. The lowest BCUT2D eigenvalue weighted by Gasteiger charge is -2.12. The van der Waals surface area contributed by atoms with Crippen molar-refractivity contribution < 1.29 is 9.59 Å². The molecule has 0 saturated heterocycles. The Bertz CT molecular complexity index is 1600. The summed E-state index contributed by atoms with van der Waals surface area (Å²) in [5.74, 6) is -1.07. The predicted molar refractivity (Wildman–Crippen MR) is 129 cm³/mol. The van der Waals surface area contributed by atoms with Gasteiger partial charge < -0.3 is 4.57 Å². The monoisotopic (exact) mass is 451 g/mol. The quantitative estimate of drug-likeness (QED) is 0.411. The summed E-state index contributed by atoms with van der Waals surface area (Å²) in [6, 6.07) is 23.7. The topological polar surface area (TPSA) is 98.0 Å². The number of hydrogen-bond acceptors (Lipinski definition) is 4. The molecule has 0 spiro atoms. The van der Waals surface area contributed by atoms with E-state index in [0.717, 1.165) is 16.5 Å². The maximum atomic E-state index is 13.1. The lowest BCUT2D eigenvalue weighted by Crippen LogP contribution is -2.42. The summed E-state index contributed by atoms with van der Waals surface area (Å²) >= 11 is 0. The number of para-hydroxylation sites is 1. The van der Waals surface area contributed by atoms with Crippen LogP contribution in [0.25, 0.3) is 21.7 Å². The molecule has 5 rings (SSSR count). The fourth-order valence-electron chi connectivity index (χ4n) is 4.03. The lowest BCUT2D eigenvalue weighted by atomic mass is 10.1. The van der Waals surface area contributed by atoms with E-state index in [1.54, 1.807) is 30.5 Å². The van der Waals surface area contributed by atoms with Crippen molar-refractivity contribution in [2.75, 3.05) is 0 Å². The molecule has 0 fully saturated rings. The highest BCUT2D eigenvalue weighted by atomic mass is 16.2. The summed E-state index contributed by atoms with van der Waals surface area (Å²) in [6.07, 6.45) is 1.71. The van der Waals surface area contributed by atoms with E-state index in [-0.39, 0.29) is 17.8 Å². The fraction of sp³-hybridized carbons (Fsp3) is 0.0769. The second-order valence-electron chi connectivity index (χ2n) is 7.92. The van der Waals surface area contributed by atoms with Gasteiger partial charge in [0.1, 0.15) is 0 Å². The van der Waals surface area contributed by atoms with Crippen molar-refractivity contribution in [3.05, 3.63) is 112 Å². The molecule has 168 valence electrons. The molecule has 3 aromatic carbocycles. The van der Waals surface area contributed by atoms with E-state index in [1.807, 2.05) is 66.2 Å². The second-order valence-corrected chi connectivity index (χ2v) is 7.92. The van der Waals surface area contributed by atoms with Crippen molar-refractivity contribution >= 4 is 33.5 Å². The first kappa shape index (κ1) is 21.1. The number of hydrazine groups is 1. The number of aromatic nitrogens is 3. The molecule has 2 aromatic heterocycles. The number of hydrogen-bond donors (Lipinski definition) is 2. The molecule has 0 saturated carbocycles. The van der Waals surface area contributed by atoms with Crippen molar-refractivity contribution in [3.8, 4) is 0 Å². The number of carbonyl (C=O) groups excluding carboxylic acids is 2. The number of amides is 2. The van der Waals surface area contributed by atoms with Crippen LogP contribution in [0.5, 0.6) is 0 Å². The zero-order chi connectivity index (χ0) is 23.7. The highest BCUT2D eigenvalue weighted by Crippen LogP contribution is 2.20. The van der Waals surface area contributed by atoms with Crippen LogP contribution in [-0.2, 0) is 13.6 Å². The molecule has 0 radical (unpaired) electrons. The normalized spacial score (nSPS) is 11.0. The molecule has 0 bridgehead atoms. The van der Waals surface area contributed by atoms with Crippen molar-refractivity contribution in [3.63, 3.8) is 0 Å². The molecule has 8 nitrogen and oxygen atoms in total. The Morgan fingerprint density at radius 2 is 1.41 bits per heavy atom.